The van der Waals surface area contributed by atoms with E-state index in [0.717, 1.165) is 15.6 Å². The normalized spacial score (nSPS) is 10.6. The average molecular weight is 327 g/mol. The Balaban J connectivity index is 1.77. The molecule has 0 amide bonds. The summed E-state index contributed by atoms with van der Waals surface area (Å²) in [5.41, 5.74) is 5.14. The Morgan fingerprint density at radius 3 is 2.56 bits per heavy atom. The van der Waals surface area contributed by atoms with Crippen LogP contribution in [0.5, 0.6) is 0 Å². The van der Waals surface area contributed by atoms with Crippen molar-refractivity contribution in [3.05, 3.63) is 69.2 Å². The number of rotatable bonds is 5. The number of halogens is 2. The first-order valence-corrected chi connectivity index (χ1v) is 6.75. The van der Waals surface area contributed by atoms with Gasteiger partial charge in [0.25, 0.3) is 0 Å². The Morgan fingerprint density at radius 1 is 1.06 bits per heavy atom. The van der Waals surface area contributed by atoms with Crippen molar-refractivity contribution in [2.24, 2.45) is 0 Å². The summed E-state index contributed by atoms with van der Waals surface area (Å²) in [7, 11) is 0. The quantitative estimate of drug-likeness (QED) is 0.652. The molecule has 0 unspecified atom stereocenters. The minimum atomic E-state index is 0.547. The number of hydrogen-bond donors (Lipinski definition) is 1. The Bertz CT molecular complexity index is 504. The highest BCUT2D eigenvalue weighted by atomic mass is 79.9. The molecule has 0 saturated heterocycles. The van der Waals surface area contributed by atoms with Crippen LogP contribution in [0.3, 0.4) is 0 Å². The molecule has 0 radical (unpaired) electrons. The molecule has 2 aromatic carbocycles. The van der Waals surface area contributed by atoms with Gasteiger partial charge in [0.15, 0.2) is 0 Å². The van der Waals surface area contributed by atoms with Gasteiger partial charge in [0, 0.05) is 11.0 Å². The lowest BCUT2D eigenvalue weighted by Gasteiger charge is -2.07. The molecule has 0 heterocycles. The van der Waals surface area contributed by atoms with Gasteiger partial charge in [-0.05, 0) is 39.2 Å². The van der Waals surface area contributed by atoms with Gasteiger partial charge >= 0.3 is 0 Å². The molecule has 2 rings (SSSR count). The van der Waals surface area contributed by atoms with E-state index in [1.54, 1.807) is 0 Å². The fraction of sp³-hybridized carbons (Fsp3) is 0.143. The molecule has 2 aromatic rings. The molecule has 0 fully saturated rings. The van der Waals surface area contributed by atoms with Crippen LogP contribution in [0.15, 0.2) is 53.0 Å². The molecule has 0 spiro atoms. The van der Waals surface area contributed by atoms with Crippen LogP contribution in [0.2, 0.25) is 5.02 Å². The van der Waals surface area contributed by atoms with Crippen molar-refractivity contribution in [2.45, 2.75) is 13.2 Å². The molecule has 1 N–H and O–H groups in total. The van der Waals surface area contributed by atoms with Gasteiger partial charge in [-0.2, -0.15) is 5.48 Å². The first-order chi connectivity index (χ1) is 8.75. The van der Waals surface area contributed by atoms with E-state index < -0.39 is 0 Å². The van der Waals surface area contributed by atoms with Crippen molar-refractivity contribution in [2.75, 3.05) is 0 Å². The second kappa shape index (κ2) is 6.90. The van der Waals surface area contributed by atoms with Gasteiger partial charge in [-0.3, -0.25) is 4.84 Å². The van der Waals surface area contributed by atoms with E-state index >= 15 is 0 Å². The number of nitrogens with one attached hydrogen (secondary N) is 1. The second-order valence-electron chi connectivity index (χ2n) is 3.84. The third-order valence-electron chi connectivity index (χ3n) is 2.44. The molecule has 0 saturated carbocycles. The highest BCUT2D eigenvalue weighted by Gasteiger charge is 1.99. The molecule has 18 heavy (non-hydrogen) atoms. The van der Waals surface area contributed by atoms with Crippen LogP contribution < -0.4 is 5.48 Å². The lowest BCUT2D eigenvalue weighted by molar-refractivity contribution is 0.0235. The molecular weight excluding hydrogens is 314 g/mol. The molecule has 0 aliphatic rings. The Labute approximate surface area is 120 Å². The predicted octanol–water partition coefficient (Wildman–Crippen LogP) is 4.32. The monoisotopic (exact) mass is 325 g/mol. The Hall–Kier alpha value is -0.870. The van der Waals surface area contributed by atoms with E-state index in [1.807, 2.05) is 48.5 Å². The largest absolute Gasteiger partial charge is 0.297 e. The zero-order chi connectivity index (χ0) is 12.8. The highest BCUT2D eigenvalue weighted by Crippen LogP contribution is 2.23. The third-order valence-corrected chi connectivity index (χ3v) is 3.68. The molecule has 0 aromatic heterocycles. The summed E-state index contributed by atoms with van der Waals surface area (Å²) in [6.07, 6.45) is 0. The number of hydrogen-bond acceptors (Lipinski definition) is 2. The smallest absolute Gasteiger partial charge is 0.0933 e. The zero-order valence-corrected chi connectivity index (χ0v) is 12.0. The summed E-state index contributed by atoms with van der Waals surface area (Å²) >= 11 is 9.37. The van der Waals surface area contributed by atoms with Gasteiger partial charge < -0.3 is 0 Å². The SMILES string of the molecule is Clc1cc(CNOCc2ccccc2)ccc1Br. The van der Waals surface area contributed by atoms with Gasteiger partial charge in [0.05, 0.1) is 11.6 Å². The average Bonchev–Trinajstić information content (AvgIpc) is 2.40. The summed E-state index contributed by atoms with van der Waals surface area (Å²) < 4.78 is 0.901. The van der Waals surface area contributed by atoms with Gasteiger partial charge in [-0.1, -0.05) is 48.0 Å². The van der Waals surface area contributed by atoms with Crippen LogP contribution in [-0.4, -0.2) is 0 Å². The van der Waals surface area contributed by atoms with Crippen molar-refractivity contribution >= 4 is 27.5 Å². The first-order valence-electron chi connectivity index (χ1n) is 5.58. The van der Waals surface area contributed by atoms with E-state index in [-0.39, 0.29) is 0 Å². The highest BCUT2D eigenvalue weighted by molar-refractivity contribution is 9.10. The maximum atomic E-state index is 6.01. The fourth-order valence-corrected chi connectivity index (χ4v) is 1.94. The van der Waals surface area contributed by atoms with Crippen LogP contribution >= 0.6 is 27.5 Å². The molecule has 2 nitrogen and oxygen atoms in total. The van der Waals surface area contributed by atoms with Gasteiger partial charge in [0.2, 0.25) is 0 Å². The van der Waals surface area contributed by atoms with Gasteiger partial charge in [0.1, 0.15) is 0 Å². The zero-order valence-electron chi connectivity index (χ0n) is 9.70. The molecule has 0 aliphatic carbocycles. The van der Waals surface area contributed by atoms with Gasteiger partial charge in [-0.25, -0.2) is 0 Å². The van der Waals surface area contributed by atoms with Crippen LogP contribution in [-0.2, 0) is 18.0 Å². The molecule has 94 valence electrons. The van der Waals surface area contributed by atoms with E-state index in [9.17, 15) is 0 Å². The summed E-state index contributed by atoms with van der Waals surface area (Å²) in [5.74, 6) is 0. The van der Waals surface area contributed by atoms with E-state index in [2.05, 4.69) is 21.4 Å². The van der Waals surface area contributed by atoms with Crippen LogP contribution in [0.4, 0.5) is 0 Å². The Morgan fingerprint density at radius 2 is 1.83 bits per heavy atom. The topological polar surface area (TPSA) is 21.3 Å². The maximum absolute atomic E-state index is 6.01. The van der Waals surface area contributed by atoms with E-state index in [0.29, 0.717) is 18.2 Å². The lowest BCUT2D eigenvalue weighted by Crippen LogP contribution is -2.13. The maximum Gasteiger partial charge on any atom is 0.0933 e. The minimum Gasteiger partial charge on any atom is -0.297 e. The second-order valence-corrected chi connectivity index (χ2v) is 5.11. The number of hydroxylamine groups is 1. The summed E-state index contributed by atoms with van der Waals surface area (Å²) in [6, 6.07) is 15.9. The van der Waals surface area contributed by atoms with Crippen molar-refractivity contribution in [1.29, 1.82) is 0 Å². The molecular formula is C14H13BrClNO. The van der Waals surface area contributed by atoms with Crippen LogP contribution in [0.25, 0.3) is 0 Å². The van der Waals surface area contributed by atoms with Crippen LogP contribution in [0.1, 0.15) is 11.1 Å². The minimum absolute atomic E-state index is 0.547. The fourth-order valence-electron chi connectivity index (χ4n) is 1.49. The standard InChI is InChI=1S/C14H13BrClNO/c15-13-7-6-12(8-14(13)16)9-17-18-10-11-4-2-1-3-5-11/h1-8,17H,9-10H2. The molecule has 0 aliphatic heterocycles. The molecule has 4 heteroatoms. The number of benzene rings is 2. The van der Waals surface area contributed by atoms with E-state index in [1.165, 1.54) is 0 Å². The summed E-state index contributed by atoms with van der Waals surface area (Å²) in [4.78, 5) is 5.39. The Kier molecular flexibility index (Phi) is 5.20. The van der Waals surface area contributed by atoms with E-state index in [4.69, 9.17) is 16.4 Å². The summed E-state index contributed by atoms with van der Waals surface area (Å²) in [5, 5.41) is 0.706. The van der Waals surface area contributed by atoms with Crippen molar-refractivity contribution < 1.29 is 4.84 Å². The lowest BCUT2D eigenvalue weighted by atomic mass is 10.2. The van der Waals surface area contributed by atoms with Crippen molar-refractivity contribution in [1.82, 2.24) is 5.48 Å². The van der Waals surface area contributed by atoms with Crippen molar-refractivity contribution in [3.63, 3.8) is 0 Å². The van der Waals surface area contributed by atoms with Crippen molar-refractivity contribution in [3.8, 4) is 0 Å². The van der Waals surface area contributed by atoms with Crippen LogP contribution in [0, 0.1) is 0 Å². The third kappa shape index (κ3) is 4.10. The molecule has 0 atom stereocenters. The first kappa shape index (κ1) is 13.6. The predicted molar refractivity (Wildman–Crippen MR) is 77.2 cm³/mol. The molecule has 0 bridgehead atoms. The summed E-state index contributed by atoms with van der Waals surface area (Å²) in [6.45, 7) is 1.17. The van der Waals surface area contributed by atoms with Gasteiger partial charge in [-0.15, -0.1) is 0 Å².